The van der Waals surface area contributed by atoms with E-state index in [4.69, 9.17) is 0 Å². The van der Waals surface area contributed by atoms with E-state index in [1.165, 1.54) is 5.57 Å². The van der Waals surface area contributed by atoms with E-state index in [1.807, 2.05) is 13.0 Å². The van der Waals surface area contributed by atoms with Crippen LogP contribution in [0.25, 0.3) is 0 Å². The SMILES string of the molecule is C[C@]12CC[C@H]3[C@@H](CCC4=CC(=O)CC[C@@H]43)[C@@H]1C[C@](C)(O)[C@@H]2O. The summed E-state index contributed by atoms with van der Waals surface area (Å²) in [6, 6.07) is 0. The summed E-state index contributed by atoms with van der Waals surface area (Å²) in [6.45, 7) is 4.00. The molecule has 4 aliphatic carbocycles. The quantitative estimate of drug-likeness (QED) is 0.723. The van der Waals surface area contributed by atoms with Crippen LogP contribution in [0.1, 0.15) is 58.8 Å². The van der Waals surface area contributed by atoms with E-state index in [2.05, 4.69) is 6.92 Å². The van der Waals surface area contributed by atoms with Crippen molar-refractivity contribution in [3.8, 4) is 0 Å². The second-order valence-corrected chi connectivity index (χ2v) is 8.81. The Labute approximate surface area is 132 Å². The summed E-state index contributed by atoms with van der Waals surface area (Å²) in [5.41, 5.74) is 0.329. The van der Waals surface area contributed by atoms with Crippen molar-refractivity contribution in [2.75, 3.05) is 0 Å². The third-order valence-corrected chi connectivity index (χ3v) is 7.58. The summed E-state index contributed by atoms with van der Waals surface area (Å²) in [5, 5.41) is 21.3. The zero-order valence-electron chi connectivity index (χ0n) is 13.7. The molecule has 4 rings (SSSR count). The van der Waals surface area contributed by atoms with Crippen molar-refractivity contribution in [3.63, 3.8) is 0 Å². The molecule has 0 spiro atoms. The van der Waals surface area contributed by atoms with Gasteiger partial charge in [0.1, 0.15) is 0 Å². The maximum Gasteiger partial charge on any atom is 0.155 e. The largest absolute Gasteiger partial charge is 0.390 e. The first-order valence-electron chi connectivity index (χ1n) is 8.97. The van der Waals surface area contributed by atoms with Crippen LogP contribution < -0.4 is 0 Å². The van der Waals surface area contributed by atoms with Crippen LogP contribution >= 0.6 is 0 Å². The number of aliphatic hydroxyl groups is 2. The molecular weight excluding hydrogens is 276 g/mol. The topological polar surface area (TPSA) is 57.5 Å². The fourth-order valence-electron chi connectivity index (χ4n) is 6.52. The zero-order chi connectivity index (χ0) is 15.7. The third kappa shape index (κ3) is 1.91. The van der Waals surface area contributed by atoms with Gasteiger partial charge in [-0.3, -0.25) is 4.79 Å². The van der Waals surface area contributed by atoms with E-state index in [0.29, 0.717) is 35.9 Å². The Kier molecular flexibility index (Phi) is 3.16. The maximum absolute atomic E-state index is 11.7. The van der Waals surface area contributed by atoms with E-state index in [0.717, 1.165) is 38.5 Å². The molecule has 0 unspecified atom stereocenters. The van der Waals surface area contributed by atoms with E-state index in [9.17, 15) is 15.0 Å². The highest BCUT2D eigenvalue weighted by molar-refractivity contribution is 5.91. The van der Waals surface area contributed by atoms with Gasteiger partial charge in [0, 0.05) is 6.42 Å². The number of fused-ring (bicyclic) bond motifs is 5. The van der Waals surface area contributed by atoms with Crippen molar-refractivity contribution in [2.24, 2.45) is 29.1 Å². The third-order valence-electron chi connectivity index (χ3n) is 7.58. The van der Waals surface area contributed by atoms with Crippen LogP contribution in [0.4, 0.5) is 0 Å². The molecule has 0 aromatic rings. The fourth-order valence-corrected chi connectivity index (χ4v) is 6.52. The number of aliphatic hydroxyl groups excluding tert-OH is 1. The highest BCUT2D eigenvalue weighted by atomic mass is 16.3. The molecule has 0 saturated heterocycles. The normalized spacial score (nSPS) is 54.3. The molecule has 22 heavy (non-hydrogen) atoms. The Morgan fingerprint density at radius 3 is 2.68 bits per heavy atom. The van der Waals surface area contributed by atoms with Gasteiger partial charge in [0.25, 0.3) is 0 Å². The molecule has 0 aromatic carbocycles. The van der Waals surface area contributed by atoms with Crippen LogP contribution in [-0.4, -0.2) is 27.7 Å². The molecule has 0 heterocycles. The standard InChI is InChI=1S/C19H28O3/c1-18-8-7-14-13-6-4-12(20)9-11(13)3-5-15(14)16(18)10-19(2,22)17(18)21/h9,13-17,21-22H,3-8,10H2,1-2H3/t13-,14+,15+,16-,17+,18-,19-/m0/s1. The highest BCUT2D eigenvalue weighted by Gasteiger charge is 2.62. The molecule has 3 nitrogen and oxygen atoms in total. The minimum absolute atomic E-state index is 0.129. The molecule has 7 atom stereocenters. The molecular formula is C19H28O3. The first-order valence-corrected chi connectivity index (χ1v) is 8.97. The van der Waals surface area contributed by atoms with Gasteiger partial charge < -0.3 is 10.2 Å². The van der Waals surface area contributed by atoms with Gasteiger partial charge in [0.2, 0.25) is 0 Å². The molecule has 0 aliphatic heterocycles. The van der Waals surface area contributed by atoms with Gasteiger partial charge in [0.15, 0.2) is 5.78 Å². The Morgan fingerprint density at radius 1 is 1.14 bits per heavy atom. The Hall–Kier alpha value is -0.670. The summed E-state index contributed by atoms with van der Waals surface area (Å²) in [5.74, 6) is 2.59. The Balaban J connectivity index is 1.65. The van der Waals surface area contributed by atoms with Crippen molar-refractivity contribution < 1.29 is 15.0 Å². The van der Waals surface area contributed by atoms with E-state index >= 15 is 0 Å². The summed E-state index contributed by atoms with van der Waals surface area (Å²) >= 11 is 0. The Morgan fingerprint density at radius 2 is 1.91 bits per heavy atom. The highest BCUT2D eigenvalue weighted by Crippen LogP contribution is 2.63. The van der Waals surface area contributed by atoms with Gasteiger partial charge in [-0.2, -0.15) is 0 Å². The lowest BCUT2D eigenvalue weighted by Crippen LogP contribution is -2.49. The molecule has 3 heteroatoms. The summed E-state index contributed by atoms with van der Waals surface area (Å²) in [4.78, 5) is 11.7. The Bertz CT molecular complexity index is 535. The molecule has 3 fully saturated rings. The second-order valence-electron chi connectivity index (χ2n) is 8.81. The van der Waals surface area contributed by atoms with Gasteiger partial charge >= 0.3 is 0 Å². The monoisotopic (exact) mass is 304 g/mol. The van der Waals surface area contributed by atoms with Gasteiger partial charge in [-0.15, -0.1) is 0 Å². The molecule has 3 saturated carbocycles. The van der Waals surface area contributed by atoms with Crippen LogP contribution in [-0.2, 0) is 4.79 Å². The zero-order valence-corrected chi connectivity index (χ0v) is 13.7. The van der Waals surface area contributed by atoms with Crippen LogP contribution in [0.2, 0.25) is 0 Å². The van der Waals surface area contributed by atoms with Crippen LogP contribution in [0.3, 0.4) is 0 Å². The first-order chi connectivity index (χ1) is 10.3. The lowest BCUT2D eigenvalue weighted by Gasteiger charge is -2.53. The number of hydrogen-bond donors (Lipinski definition) is 2. The number of hydrogen-bond acceptors (Lipinski definition) is 3. The molecule has 0 radical (unpaired) electrons. The summed E-state index contributed by atoms with van der Waals surface area (Å²) in [7, 11) is 0. The number of ketones is 1. The molecule has 0 aromatic heterocycles. The summed E-state index contributed by atoms with van der Waals surface area (Å²) < 4.78 is 0. The number of allylic oxidation sites excluding steroid dienone is 1. The molecule has 0 amide bonds. The average molecular weight is 304 g/mol. The molecule has 122 valence electrons. The van der Waals surface area contributed by atoms with Crippen molar-refractivity contribution in [2.45, 2.75) is 70.5 Å². The maximum atomic E-state index is 11.7. The molecule has 2 N–H and O–H groups in total. The molecule has 4 aliphatic rings. The van der Waals surface area contributed by atoms with Crippen LogP contribution in [0.15, 0.2) is 11.6 Å². The van der Waals surface area contributed by atoms with Gasteiger partial charge in [-0.05, 0) is 80.6 Å². The van der Waals surface area contributed by atoms with E-state index < -0.39 is 11.7 Å². The van der Waals surface area contributed by atoms with Gasteiger partial charge in [0.05, 0.1) is 11.7 Å². The van der Waals surface area contributed by atoms with Gasteiger partial charge in [-0.1, -0.05) is 12.5 Å². The average Bonchev–Trinajstić information content (AvgIpc) is 2.66. The minimum atomic E-state index is -0.938. The van der Waals surface area contributed by atoms with Gasteiger partial charge in [-0.25, -0.2) is 0 Å². The predicted octanol–water partition coefficient (Wildman–Crippen LogP) is 2.85. The number of carbonyl (C=O) groups is 1. The second kappa shape index (κ2) is 4.67. The van der Waals surface area contributed by atoms with E-state index in [1.54, 1.807) is 0 Å². The van der Waals surface area contributed by atoms with Crippen molar-refractivity contribution >= 4 is 5.78 Å². The van der Waals surface area contributed by atoms with Crippen LogP contribution in [0.5, 0.6) is 0 Å². The fraction of sp³-hybridized carbons (Fsp3) is 0.842. The predicted molar refractivity (Wildman–Crippen MR) is 84.1 cm³/mol. The summed E-state index contributed by atoms with van der Waals surface area (Å²) in [6.07, 6.45) is 8.11. The lowest BCUT2D eigenvalue weighted by molar-refractivity contribution is -0.116. The van der Waals surface area contributed by atoms with Crippen molar-refractivity contribution in [1.29, 1.82) is 0 Å². The van der Waals surface area contributed by atoms with Crippen molar-refractivity contribution in [3.05, 3.63) is 11.6 Å². The lowest BCUT2D eigenvalue weighted by atomic mass is 9.52. The van der Waals surface area contributed by atoms with Crippen LogP contribution in [0, 0.1) is 29.1 Å². The van der Waals surface area contributed by atoms with E-state index in [-0.39, 0.29) is 5.41 Å². The number of rotatable bonds is 0. The van der Waals surface area contributed by atoms with Crippen molar-refractivity contribution in [1.82, 2.24) is 0 Å². The number of carbonyl (C=O) groups excluding carboxylic acids is 1. The minimum Gasteiger partial charge on any atom is -0.390 e. The molecule has 0 bridgehead atoms. The smallest absolute Gasteiger partial charge is 0.155 e. The first kappa shape index (κ1) is 14.9.